The molecule has 0 aromatic heterocycles. The fraction of sp³-hybridized carbons (Fsp3) is 0.300. The third-order valence-electron chi connectivity index (χ3n) is 4.14. The van der Waals surface area contributed by atoms with Crippen molar-refractivity contribution in [1.82, 2.24) is 10.2 Å². The van der Waals surface area contributed by atoms with Gasteiger partial charge in [-0.15, -0.1) is 0 Å². The van der Waals surface area contributed by atoms with Gasteiger partial charge in [-0.25, -0.2) is 0 Å². The first-order valence-corrected chi connectivity index (χ1v) is 9.33. The zero-order valence-corrected chi connectivity index (χ0v) is 16.2. The molecule has 1 saturated carbocycles. The van der Waals surface area contributed by atoms with Gasteiger partial charge in [0.25, 0.3) is 5.91 Å². The van der Waals surface area contributed by atoms with Crippen LogP contribution in [-0.2, 0) is 9.59 Å². The van der Waals surface area contributed by atoms with Crippen LogP contribution in [0.1, 0.15) is 12.8 Å². The summed E-state index contributed by atoms with van der Waals surface area (Å²) in [5, 5.41) is 2.86. The molecule has 2 aromatic carbocycles. The van der Waals surface area contributed by atoms with E-state index in [9.17, 15) is 9.59 Å². The highest BCUT2D eigenvalue weighted by atomic mass is 79.9. The Bertz CT molecular complexity index is 771. The minimum absolute atomic E-state index is 0.0567. The Kier molecular flexibility index (Phi) is 5.93. The van der Waals surface area contributed by atoms with Gasteiger partial charge in [-0.3, -0.25) is 9.59 Å². The molecule has 3 rings (SSSR count). The number of nitrogens with one attached hydrogen (secondary N) is 1. The van der Waals surface area contributed by atoms with Gasteiger partial charge in [0.2, 0.25) is 5.91 Å². The topological polar surface area (TPSA) is 58.6 Å². The molecular weight excluding hydrogens is 396 g/mol. The minimum Gasteiger partial charge on any atom is -0.484 e. The maximum atomic E-state index is 12.1. The standard InChI is InChI=1S/C20H21BrN2O3/c1-23(12-19(24)22-17-8-9-17)20(25)13-26-18-10-4-15(5-11-18)14-2-6-16(21)7-3-14/h2-7,10-11,17H,8-9,12-13H2,1H3,(H,22,24). The van der Waals surface area contributed by atoms with Crippen LogP contribution in [0, 0.1) is 0 Å². The van der Waals surface area contributed by atoms with E-state index in [1.165, 1.54) is 4.90 Å². The van der Waals surface area contributed by atoms with Crippen molar-refractivity contribution >= 4 is 27.7 Å². The molecule has 0 spiro atoms. The van der Waals surface area contributed by atoms with Crippen molar-refractivity contribution in [1.29, 1.82) is 0 Å². The van der Waals surface area contributed by atoms with Crippen molar-refractivity contribution in [3.05, 3.63) is 53.0 Å². The summed E-state index contributed by atoms with van der Waals surface area (Å²) in [5.41, 5.74) is 2.18. The minimum atomic E-state index is -0.229. The summed E-state index contributed by atoms with van der Waals surface area (Å²) in [6.45, 7) is -0.0357. The van der Waals surface area contributed by atoms with Gasteiger partial charge >= 0.3 is 0 Å². The Labute approximate surface area is 161 Å². The fourth-order valence-electron chi connectivity index (χ4n) is 2.45. The van der Waals surface area contributed by atoms with Crippen LogP contribution in [0.4, 0.5) is 0 Å². The number of hydrogen-bond acceptors (Lipinski definition) is 3. The fourth-order valence-corrected chi connectivity index (χ4v) is 2.71. The van der Waals surface area contributed by atoms with E-state index in [4.69, 9.17) is 4.74 Å². The van der Waals surface area contributed by atoms with Crippen molar-refractivity contribution in [2.24, 2.45) is 0 Å². The summed E-state index contributed by atoms with van der Waals surface area (Å²) >= 11 is 3.42. The number of rotatable bonds is 7. The van der Waals surface area contributed by atoms with E-state index in [-0.39, 0.29) is 25.0 Å². The Morgan fingerprint density at radius 2 is 1.65 bits per heavy atom. The largest absolute Gasteiger partial charge is 0.484 e. The van der Waals surface area contributed by atoms with Crippen LogP contribution >= 0.6 is 15.9 Å². The first-order valence-electron chi connectivity index (χ1n) is 8.53. The lowest BCUT2D eigenvalue weighted by atomic mass is 10.1. The average molecular weight is 417 g/mol. The predicted octanol–water partition coefficient (Wildman–Crippen LogP) is 3.23. The van der Waals surface area contributed by atoms with Crippen molar-refractivity contribution < 1.29 is 14.3 Å². The molecule has 0 aliphatic heterocycles. The monoisotopic (exact) mass is 416 g/mol. The van der Waals surface area contributed by atoms with Crippen LogP contribution in [0.3, 0.4) is 0 Å². The lowest BCUT2D eigenvalue weighted by molar-refractivity contribution is -0.136. The van der Waals surface area contributed by atoms with Gasteiger partial charge in [0.1, 0.15) is 5.75 Å². The van der Waals surface area contributed by atoms with Crippen LogP contribution < -0.4 is 10.1 Å². The molecule has 6 heteroatoms. The number of hydrogen-bond donors (Lipinski definition) is 1. The molecule has 0 bridgehead atoms. The van der Waals surface area contributed by atoms with Crippen LogP contribution in [0.25, 0.3) is 11.1 Å². The second-order valence-corrected chi connectivity index (χ2v) is 7.33. The molecule has 1 fully saturated rings. The van der Waals surface area contributed by atoms with Gasteiger partial charge in [-0.05, 0) is 48.2 Å². The Balaban J connectivity index is 1.48. The third-order valence-corrected chi connectivity index (χ3v) is 4.67. The van der Waals surface area contributed by atoms with Crippen LogP contribution in [0.5, 0.6) is 5.75 Å². The number of halogens is 1. The van der Waals surface area contributed by atoms with Gasteiger partial charge < -0.3 is 15.0 Å². The van der Waals surface area contributed by atoms with Crippen molar-refractivity contribution in [2.45, 2.75) is 18.9 Å². The van der Waals surface area contributed by atoms with E-state index in [2.05, 4.69) is 21.2 Å². The summed E-state index contributed by atoms with van der Waals surface area (Å²) in [6.07, 6.45) is 2.06. The number of carbonyl (C=O) groups is 2. The third kappa shape index (κ3) is 5.33. The summed E-state index contributed by atoms with van der Waals surface area (Å²) in [7, 11) is 1.61. The van der Waals surface area contributed by atoms with E-state index in [1.54, 1.807) is 7.05 Å². The van der Waals surface area contributed by atoms with E-state index >= 15 is 0 Å². The van der Waals surface area contributed by atoms with E-state index in [1.807, 2.05) is 48.5 Å². The molecule has 0 heterocycles. The SMILES string of the molecule is CN(CC(=O)NC1CC1)C(=O)COc1ccc(-c2ccc(Br)cc2)cc1. The normalized spacial score (nSPS) is 13.2. The zero-order valence-electron chi connectivity index (χ0n) is 14.6. The molecule has 0 saturated heterocycles. The summed E-state index contributed by atoms with van der Waals surface area (Å²) in [6, 6.07) is 15.9. The lowest BCUT2D eigenvalue weighted by Gasteiger charge is -2.17. The van der Waals surface area contributed by atoms with Gasteiger partial charge in [0.05, 0.1) is 6.54 Å². The van der Waals surface area contributed by atoms with Gasteiger partial charge in [0, 0.05) is 17.6 Å². The molecule has 2 aromatic rings. The maximum Gasteiger partial charge on any atom is 0.260 e. The quantitative estimate of drug-likeness (QED) is 0.753. The second kappa shape index (κ2) is 8.36. The van der Waals surface area contributed by atoms with E-state index in [0.29, 0.717) is 11.8 Å². The van der Waals surface area contributed by atoms with E-state index in [0.717, 1.165) is 28.4 Å². The number of carbonyl (C=O) groups excluding carboxylic acids is 2. The highest BCUT2D eigenvalue weighted by molar-refractivity contribution is 9.10. The van der Waals surface area contributed by atoms with Crippen molar-refractivity contribution in [3.63, 3.8) is 0 Å². The number of benzene rings is 2. The molecule has 0 unspecified atom stereocenters. The molecular formula is C20H21BrN2O3. The predicted molar refractivity (Wildman–Crippen MR) is 104 cm³/mol. The lowest BCUT2D eigenvalue weighted by Crippen LogP contribution is -2.40. The van der Waals surface area contributed by atoms with Gasteiger partial charge in [-0.2, -0.15) is 0 Å². The van der Waals surface area contributed by atoms with Crippen molar-refractivity contribution in [2.75, 3.05) is 20.2 Å². The molecule has 136 valence electrons. The first-order chi connectivity index (χ1) is 12.5. The van der Waals surface area contributed by atoms with Gasteiger partial charge in [0.15, 0.2) is 6.61 Å². The summed E-state index contributed by atoms with van der Waals surface area (Å²) in [4.78, 5) is 25.2. The smallest absolute Gasteiger partial charge is 0.260 e. The Morgan fingerprint density at radius 3 is 2.23 bits per heavy atom. The molecule has 1 N–H and O–H groups in total. The summed E-state index contributed by atoms with van der Waals surface area (Å²) < 4.78 is 6.58. The molecule has 26 heavy (non-hydrogen) atoms. The van der Waals surface area contributed by atoms with E-state index < -0.39 is 0 Å². The van der Waals surface area contributed by atoms with Crippen LogP contribution in [0.2, 0.25) is 0 Å². The zero-order chi connectivity index (χ0) is 18.5. The van der Waals surface area contributed by atoms with Gasteiger partial charge in [-0.1, -0.05) is 40.2 Å². The summed E-state index contributed by atoms with van der Waals surface area (Å²) in [5.74, 6) is 0.269. The van der Waals surface area contributed by atoms with Crippen LogP contribution in [-0.4, -0.2) is 43.0 Å². The number of likely N-dealkylation sites (N-methyl/N-ethyl adjacent to an activating group) is 1. The van der Waals surface area contributed by atoms with Crippen molar-refractivity contribution in [3.8, 4) is 16.9 Å². The number of ether oxygens (including phenoxy) is 1. The highest BCUT2D eigenvalue weighted by Crippen LogP contribution is 2.24. The molecule has 2 amide bonds. The Morgan fingerprint density at radius 1 is 1.08 bits per heavy atom. The molecule has 1 aliphatic rings. The maximum absolute atomic E-state index is 12.1. The molecule has 0 radical (unpaired) electrons. The molecule has 1 aliphatic carbocycles. The molecule has 5 nitrogen and oxygen atoms in total. The van der Waals surface area contributed by atoms with Crippen LogP contribution in [0.15, 0.2) is 53.0 Å². The Hall–Kier alpha value is -2.34. The second-order valence-electron chi connectivity index (χ2n) is 6.41. The number of amides is 2. The first kappa shape index (κ1) is 18.5. The molecule has 0 atom stereocenters. The highest BCUT2D eigenvalue weighted by Gasteiger charge is 2.24. The number of nitrogens with zero attached hydrogens (tertiary/aromatic N) is 1. The average Bonchev–Trinajstić information content (AvgIpc) is 3.44.